The SMILES string of the molecule is CCC(=O)c1cccc2c(NCc3ccc(N)cc3)ncnc12. The van der Waals surface area contributed by atoms with Crippen LogP contribution in [0.3, 0.4) is 0 Å². The maximum atomic E-state index is 12.1. The molecule has 1 aromatic heterocycles. The van der Waals surface area contributed by atoms with Crippen LogP contribution in [0.4, 0.5) is 11.5 Å². The summed E-state index contributed by atoms with van der Waals surface area (Å²) in [5.41, 5.74) is 8.87. The molecule has 0 spiro atoms. The van der Waals surface area contributed by atoms with E-state index >= 15 is 0 Å². The lowest BCUT2D eigenvalue weighted by molar-refractivity contribution is 0.0989. The van der Waals surface area contributed by atoms with E-state index in [0.29, 0.717) is 24.0 Å². The van der Waals surface area contributed by atoms with Gasteiger partial charge in [-0.25, -0.2) is 9.97 Å². The van der Waals surface area contributed by atoms with E-state index in [1.807, 2.05) is 49.4 Å². The first kappa shape index (κ1) is 15.0. The molecule has 3 rings (SSSR count). The second kappa shape index (κ2) is 6.44. The first-order valence-electron chi connectivity index (χ1n) is 7.54. The molecule has 0 aliphatic carbocycles. The molecule has 23 heavy (non-hydrogen) atoms. The molecule has 0 atom stereocenters. The number of hydrogen-bond donors (Lipinski definition) is 2. The highest BCUT2D eigenvalue weighted by molar-refractivity contribution is 6.08. The smallest absolute Gasteiger partial charge is 0.164 e. The third-order valence-electron chi connectivity index (χ3n) is 3.73. The number of nitrogen functional groups attached to an aromatic ring is 1. The standard InChI is InChI=1S/C18H18N4O/c1-2-16(23)14-4-3-5-15-17(14)21-11-22-18(15)20-10-12-6-8-13(19)9-7-12/h3-9,11H,2,10,19H2,1H3,(H,20,21,22). The molecule has 0 radical (unpaired) electrons. The highest BCUT2D eigenvalue weighted by atomic mass is 16.1. The molecule has 2 aromatic carbocycles. The van der Waals surface area contributed by atoms with Crippen LogP contribution >= 0.6 is 0 Å². The van der Waals surface area contributed by atoms with Crippen LogP contribution in [0, 0.1) is 0 Å². The van der Waals surface area contributed by atoms with Gasteiger partial charge in [-0.05, 0) is 29.8 Å². The third kappa shape index (κ3) is 3.13. The highest BCUT2D eigenvalue weighted by Crippen LogP contribution is 2.23. The zero-order chi connectivity index (χ0) is 16.2. The summed E-state index contributed by atoms with van der Waals surface area (Å²) < 4.78 is 0. The molecule has 116 valence electrons. The molecule has 0 bridgehead atoms. The average molecular weight is 306 g/mol. The van der Waals surface area contributed by atoms with E-state index < -0.39 is 0 Å². The lowest BCUT2D eigenvalue weighted by Crippen LogP contribution is -2.05. The van der Waals surface area contributed by atoms with E-state index in [-0.39, 0.29) is 5.78 Å². The molecule has 1 heterocycles. The summed E-state index contributed by atoms with van der Waals surface area (Å²) in [4.78, 5) is 20.7. The largest absolute Gasteiger partial charge is 0.399 e. The number of nitrogens with two attached hydrogens (primary N) is 1. The number of fused-ring (bicyclic) bond motifs is 1. The number of benzene rings is 2. The number of carbonyl (C=O) groups is 1. The number of anilines is 2. The molecular weight excluding hydrogens is 288 g/mol. The summed E-state index contributed by atoms with van der Waals surface area (Å²) >= 11 is 0. The fraction of sp³-hybridized carbons (Fsp3) is 0.167. The highest BCUT2D eigenvalue weighted by Gasteiger charge is 2.11. The zero-order valence-corrected chi connectivity index (χ0v) is 12.9. The van der Waals surface area contributed by atoms with Gasteiger partial charge in [-0.1, -0.05) is 25.1 Å². The van der Waals surface area contributed by atoms with Crippen molar-refractivity contribution in [1.82, 2.24) is 9.97 Å². The Kier molecular flexibility index (Phi) is 4.19. The summed E-state index contributed by atoms with van der Waals surface area (Å²) in [7, 11) is 0. The van der Waals surface area contributed by atoms with Gasteiger partial charge in [-0.15, -0.1) is 0 Å². The summed E-state index contributed by atoms with van der Waals surface area (Å²) in [5, 5.41) is 4.15. The first-order valence-corrected chi connectivity index (χ1v) is 7.54. The minimum atomic E-state index is 0.0822. The number of hydrogen-bond acceptors (Lipinski definition) is 5. The van der Waals surface area contributed by atoms with Crippen molar-refractivity contribution >= 4 is 28.2 Å². The number of ketones is 1. The van der Waals surface area contributed by atoms with Gasteiger partial charge in [0.15, 0.2) is 5.78 Å². The number of aromatic nitrogens is 2. The molecular formula is C18H18N4O. The zero-order valence-electron chi connectivity index (χ0n) is 12.9. The Bertz CT molecular complexity index is 843. The van der Waals surface area contributed by atoms with E-state index in [9.17, 15) is 4.79 Å². The minimum Gasteiger partial charge on any atom is -0.399 e. The van der Waals surface area contributed by atoms with Crippen molar-refractivity contribution < 1.29 is 4.79 Å². The number of Topliss-reactive ketones (excluding diaryl/α,β-unsaturated/α-hetero) is 1. The van der Waals surface area contributed by atoms with Crippen molar-refractivity contribution in [2.75, 3.05) is 11.1 Å². The number of nitrogens with zero attached hydrogens (tertiary/aromatic N) is 2. The van der Waals surface area contributed by atoms with Crippen LogP contribution in [0.5, 0.6) is 0 Å². The molecule has 0 amide bonds. The van der Waals surface area contributed by atoms with Crippen LogP contribution in [0.25, 0.3) is 10.9 Å². The van der Waals surface area contributed by atoms with Gasteiger partial charge in [0, 0.05) is 29.6 Å². The molecule has 0 aliphatic heterocycles. The Morgan fingerprint density at radius 1 is 1.13 bits per heavy atom. The van der Waals surface area contributed by atoms with Gasteiger partial charge in [-0.2, -0.15) is 0 Å². The van der Waals surface area contributed by atoms with Gasteiger partial charge in [0.1, 0.15) is 12.1 Å². The first-order chi connectivity index (χ1) is 11.2. The maximum absolute atomic E-state index is 12.1. The van der Waals surface area contributed by atoms with Gasteiger partial charge < -0.3 is 11.1 Å². The molecule has 0 aliphatic rings. The Morgan fingerprint density at radius 2 is 1.91 bits per heavy atom. The summed E-state index contributed by atoms with van der Waals surface area (Å²) in [6, 6.07) is 13.3. The van der Waals surface area contributed by atoms with Crippen molar-refractivity contribution in [3.05, 3.63) is 59.9 Å². The number of rotatable bonds is 5. The van der Waals surface area contributed by atoms with Crippen molar-refractivity contribution in [1.29, 1.82) is 0 Å². The van der Waals surface area contributed by atoms with Gasteiger partial charge in [0.25, 0.3) is 0 Å². The van der Waals surface area contributed by atoms with E-state index in [1.54, 1.807) is 0 Å². The van der Waals surface area contributed by atoms with Crippen LogP contribution in [0.2, 0.25) is 0 Å². The van der Waals surface area contributed by atoms with Gasteiger partial charge >= 0.3 is 0 Å². The van der Waals surface area contributed by atoms with E-state index in [4.69, 9.17) is 5.73 Å². The van der Waals surface area contributed by atoms with Crippen LogP contribution in [0.1, 0.15) is 29.3 Å². The third-order valence-corrected chi connectivity index (χ3v) is 3.73. The lowest BCUT2D eigenvalue weighted by atomic mass is 10.0. The number of para-hydroxylation sites is 1. The predicted molar refractivity (Wildman–Crippen MR) is 92.3 cm³/mol. The summed E-state index contributed by atoms with van der Waals surface area (Å²) in [5.74, 6) is 0.802. The molecule has 0 fully saturated rings. The minimum absolute atomic E-state index is 0.0822. The maximum Gasteiger partial charge on any atom is 0.164 e. The Labute approximate surface area is 134 Å². The van der Waals surface area contributed by atoms with E-state index in [0.717, 1.165) is 22.5 Å². The van der Waals surface area contributed by atoms with Crippen molar-refractivity contribution in [3.8, 4) is 0 Å². The van der Waals surface area contributed by atoms with Crippen LogP contribution in [-0.2, 0) is 6.54 Å². The predicted octanol–water partition coefficient (Wildman–Crippen LogP) is 3.42. The Hall–Kier alpha value is -2.95. The number of carbonyl (C=O) groups excluding carboxylic acids is 1. The van der Waals surface area contributed by atoms with Gasteiger partial charge in [-0.3, -0.25) is 4.79 Å². The second-order valence-electron chi connectivity index (χ2n) is 5.30. The molecule has 0 unspecified atom stereocenters. The quantitative estimate of drug-likeness (QED) is 0.557. The van der Waals surface area contributed by atoms with E-state index in [1.165, 1.54) is 6.33 Å². The van der Waals surface area contributed by atoms with Gasteiger partial charge in [0.2, 0.25) is 0 Å². The normalized spacial score (nSPS) is 10.7. The molecule has 3 aromatic rings. The van der Waals surface area contributed by atoms with Gasteiger partial charge in [0.05, 0.1) is 5.52 Å². The monoisotopic (exact) mass is 306 g/mol. The second-order valence-corrected chi connectivity index (χ2v) is 5.30. The van der Waals surface area contributed by atoms with Crippen molar-refractivity contribution in [3.63, 3.8) is 0 Å². The lowest BCUT2D eigenvalue weighted by Gasteiger charge is -2.10. The molecule has 5 nitrogen and oxygen atoms in total. The fourth-order valence-corrected chi connectivity index (χ4v) is 2.47. The topological polar surface area (TPSA) is 80.9 Å². The Balaban J connectivity index is 1.92. The van der Waals surface area contributed by atoms with Crippen LogP contribution < -0.4 is 11.1 Å². The van der Waals surface area contributed by atoms with Crippen LogP contribution in [-0.4, -0.2) is 15.8 Å². The van der Waals surface area contributed by atoms with Crippen molar-refractivity contribution in [2.45, 2.75) is 19.9 Å². The molecule has 0 saturated carbocycles. The van der Waals surface area contributed by atoms with Crippen LogP contribution in [0.15, 0.2) is 48.8 Å². The molecule has 5 heteroatoms. The fourth-order valence-electron chi connectivity index (χ4n) is 2.47. The number of nitrogens with one attached hydrogen (secondary N) is 1. The Morgan fingerprint density at radius 3 is 2.65 bits per heavy atom. The summed E-state index contributed by atoms with van der Waals surface area (Å²) in [6.07, 6.45) is 1.94. The molecule has 3 N–H and O–H groups in total. The van der Waals surface area contributed by atoms with Crippen molar-refractivity contribution in [2.24, 2.45) is 0 Å². The summed E-state index contributed by atoms with van der Waals surface area (Å²) in [6.45, 7) is 2.47. The molecule has 0 saturated heterocycles. The van der Waals surface area contributed by atoms with E-state index in [2.05, 4.69) is 15.3 Å². The average Bonchev–Trinajstić information content (AvgIpc) is 2.60.